The fourth-order valence-electron chi connectivity index (χ4n) is 6.56. The molecule has 5 atom stereocenters. The van der Waals surface area contributed by atoms with Gasteiger partial charge in [-0.1, -0.05) is 69.4 Å². The third-order valence-electron chi connectivity index (χ3n) is 9.15. The molecule has 1 saturated heterocycles. The summed E-state index contributed by atoms with van der Waals surface area (Å²) in [7, 11) is -4.15. The van der Waals surface area contributed by atoms with E-state index in [-0.39, 0.29) is 51.5 Å². The van der Waals surface area contributed by atoms with Gasteiger partial charge in [0.05, 0.1) is 37.8 Å². The molecule has 0 spiro atoms. The number of aromatic amines is 1. The zero-order chi connectivity index (χ0) is 33.1. The van der Waals surface area contributed by atoms with E-state index in [1.165, 1.54) is 21.7 Å². The number of carbonyl (C=O) groups excluding carboxylic acids is 2. The quantitative estimate of drug-likeness (QED) is 0.167. The van der Waals surface area contributed by atoms with Crippen LogP contribution in [0.3, 0.4) is 0 Å². The first kappa shape index (κ1) is 36.0. The molecule has 4 rings (SSSR count). The molecule has 2 aliphatic rings. The summed E-state index contributed by atoms with van der Waals surface area (Å²) >= 11 is 0. The van der Waals surface area contributed by atoms with Gasteiger partial charge in [-0.3, -0.25) is 9.59 Å². The van der Waals surface area contributed by atoms with Crippen molar-refractivity contribution in [2.75, 3.05) is 26.3 Å². The minimum absolute atomic E-state index is 0.000881. The van der Waals surface area contributed by atoms with Gasteiger partial charge in [-0.05, 0) is 30.7 Å². The minimum atomic E-state index is -4.15. The molecule has 14 heteroatoms. The second-order valence-corrected chi connectivity index (χ2v) is 14.2. The van der Waals surface area contributed by atoms with Gasteiger partial charge in [0.15, 0.2) is 0 Å². The fraction of sp³-hybridized carbons (Fsp3) is 0.656. The monoisotopic (exact) mass is 662 g/mol. The number of morpholine rings is 1. The van der Waals surface area contributed by atoms with Gasteiger partial charge in [0, 0.05) is 37.8 Å². The maximum Gasteiger partial charge on any atom is 0.280 e. The number of nitrogens with zero attached hydrogens (tertiary/aromatic N) is 3. The number of carbonyl (C=O) groups is 2. The number of nitrogens with one attached hydrogen (secondary N) is 2. The number of amides is 2. The molecule has 256 valence electrons. The highest BCUT2D eigenvalue weighted by atomic mass is 32.2. The molecule has 0 bridgehead atoms. The van der Waals surface area contributed by atoms with Crippen molar-refractivity contribution in [1.29, 1.82) is 0 Å². The number of ether oxygens (including phenoxy) is 1. The highest BCUT2D eigenvalue weighted by Crippen LogP contribution is 2.32. The average molecular weight is 663 g/mol. The topological polar surface area (TPSA) is 191 Å². The fourth-order valence-corrected chi connectivity index (χ4v) is 7.88. The molecular formula is C32H50N6O7S. The number of benzene rings is 1. The molecule has 1 aliphatic carbocycles. The predicted octanol–water partition coefficient (Wildman–Crippen LogP) is 1.27. The number of aromatic nitrogens is 2. The van der Waals surface area contributed by atoms with E-state index in [1.807, 2.05) is 6.07 Å². The lowest BCUT2D eigenvalue weighted by molar-refractivity contribution is -0.148. The predicted molar refractivity (Wildman–Crippen MR) is 172 cm³/mol. The van der Waals surface area contributed by atoms with Crippen LogP contribution in [0, 0.1) is 5.92 Å². The van der Waals surface area contributed by atoms with Crippen molar-refractivity contribution in [3.05, 3.63) is 54.1 Å². The summed E-state index contributed by atoms with van der Waals surface area (Å²) in [5.74, 6) is -1.30. The Morgan fingerprint density at radius 3 is 2.43 bits per heavy atom. The number of imidazole rings is 1. The third-order valence-corrected chi connectivity index (χ3v) is 10.8. The number of hydrogen-bond donors (Lipinski definition) is 5. The Hall–Kier alpha value is -2.88. The molecule has 1 aromatic carbocycles. The van der Waals surface area contributed by atoms with Crippen LogP contribution in [-0.2, 0) is 37.4 Å². The first-order valence-corrected chi connectivity index (χ1v) is 17.9. The lowest BCUT2D eigenvalue weighted by Crippen LogP contribution is -2.63. The van der Waals surface area contributed by atoms with E-state index >= 15 is 0 Å². The molecule has 2 aromatic rings. The van der Waals surface area contributed by atoms with Crippen LogP contribution in [0.1, 0.15) is 69.5 Å². The maximum absolute atomic E-state index is 15.0. The maximum atomic E-state index is 15.0. The molecular weight excluding hydrogens is 612 g/mol. The largest absolute Gasteiger partial charge is 0.393 e. The second-order valence-electron chi connectivity index (χ2n) is 12.5. The lowest BCUT2D eigenvalue weighted by Gasteiger charge is -2.43. The van der Waals surface area contributed by atoms with E-state index < -0.39 is 52.4 Å². The Morgan fingerprint density at radius 2 is 1.83 bits per heavy atom. The number of aliphatic hydroxyl groups excluding tert-OH is 2. The van der Waals surface area contributed by atoms with Crippen LogP contribution in [0.2, 0.25) is 0 Å². The van der Waals surface area contributed by atoms with Crippen molar-refractivity contribution in [2.24, 2.45) is 11.7 Å². The zero-order valence-corrected chi connectivity index (χ0v) is 27.5. The van der Waals surface area contributed by atoms with Crippen molar-refractivity contribution >= 4 is 22.0 Å². The molecule has 2 amide bonds. The standard InChI is InChI=1S/C32H50N6O7S/c1-2-26(39)20-30(40)28(18-24-11-7-4-8-12-24)38(29(31(33)41)19-25-21-34-22-35-25)32(42)27(17-23-9-5-3-6-10-23)36-46(43,44)37-13-15-45-16-14-37/h3,5-6,9-10,21-22,24,26-30,36,39-40H,2,4,7-8,11-20H2,1H3,(H2,33,41)(H,34,35)/t26?,27-,28?,29-,30?/m0/s1. The van der Waals surface area contributed by atoms with Gasteiger partial charge in [0.25, 0.3) is 10.2 Å². The van der Waals surface area contributed by atoms with E-state index in [0.717, 1.165) is 32.1 Å². The molecule has 13 nitrogen and oxygen atoms in total. The van der Waals surface area contributed by atoms with Crippen LogP contribution < -0.4 is 10.5 Å². The van der Waals surface area contributed by atoms with Crippen molar-refractivity contribution < 1.29 is 33.0 Å². The van der Waals surface area contributed by atoms with Gasteiger partial charge in [0.2, 0.25) is 11.8 Å². The van der Waals surface area contributed by atoms with Gasteiger partial charge >= 0.3 is 0 Å². The van der Waals surface area contributed by atoms with E-state index in [1.54, 1.807) is 31.2 Å². The number of H-pyrrole nitrogens is 1. The molecule has 1 aromatic heterocycles. The number of primary amides is 1. The van der Waals surface area contributed by atoms with Crippen molar-refractivity contribution in [3.63, 3.8) is 0 Å². The minimum Gasteiger partial charge on any atom is -0.393 e. The Kier molecular flexibility index (Phi) is 13.5. The first-order chi connectivity index (χ1) is 22.1. The molecule has 1 aliphatic heterocycles. The van der Waals surface area contributed by atoms with Crippen molar-refractivity contribution in [1.82, 2.24) is 23.9 Å². The van der Waals surface area contributed by atoms with E-state index in [9.17, 15) is 28.2 Å². The summed E-state index contributed by atoms with van der Waals surface area (Å²) in [5, 5.41) is 22.3. The zero-order valence-electron chi connectivity index (χ0n) is 26.7. The van der Waals surface area contributed by atoms with Gasteiger partial charge in [-0.25, -0.2) is 4.98 Å². The van der Waals surface area contributed by atoms with Crippen LogP contribution in [-0.4, -0.2) is 106 Å². The van der Waals surface area contributed by atoms with Crippen LogP contribution >= 0.6 is 0 Å². The molecule has 2 heterocycles. The van der Waals surface area contributed by atoms with Crippen LogP contribution in [0.5, 0.6) is 0 Å². The van der Waals surface area contributed by atoms with Crippen molar-refractivity contribution in [3.8, 4) is 0 Å². The summed E-state index contributed by atoms with van der Waals surface area (Å²) in [5.41, 5.74) is 7.29. The number of hydrogen-bond acceptors (Lipinski definition) is 8. The smallest absolute Gasteiger partial charge is 0.280 e. The van der Waals surface area contributed by atoms with Gasteiger partial charge in [-0.2, -0.15) is 17.4 Å². The summed E-state index contributed by atoms with van der Waals surface area (Å²) < 4.78 is 36.6. The molecule has 0 radical (unpaired) electrons. The average Bonchev–Trinajstić information content (AvgIpc) is 3.58. The summed E-state index contributed by atoms with van der Waals surface area (Å²) in [6.45, 7) is 2.53. The summed E-state index contributed by atoms with van der Waals surface area (Å²) in [6, 6.07) is 5.56. The number of nitrogens with two attached hydrogens (primary N) is 1. The normalized spacial score (nSPS) is 20.0. The number of rotatable bonds is 17. The third kappa shape index (κ3) is 10.1. The summed E-state index contributed by atoms with van der Waals surface area (Å²) in [4.78, 5) is 36.6. The highest BCUT2D eigenvalue weighted by molar-refractivity contribution is 7.87. The molecule has 3 unspecified atom stereocenters. The molecule has 1 saturated carbocycles. The number of aliphatic hydroxyl groups is 2. The van der Waals surface area contributed by atoms with Gasteiger partial charge in [-0.15, -0.1) is 0 Å². The van der Waals surface area contributed by atoms with Gasteiger partial charge in [0.1, 0.15) is 12.1 Å². The molecule has 46 heavy (non-hydrogen) atoms. The Balaban J connectivity index is 1.79. The highest BCUT2D eigenvalue weighted by Gasteiger charge is 2.43. The Labute approximate surface area is 272 Å². The second kappa shape index (κ2) is 17.3. The Bertz CT molecular complexity index is 1320. The molecule has 2 fully saturated rings. The van der Waals surface area contributed by atoms with Gasteiger partial charge < -0.3 is 30.6 Å². The first-order valence-electron chi connectivity index (χ1n) is 16.4. The molecule has 6 N–H and O–H groups in total. The van der Waals surface area contributed by atoms with Crippen molar-refractivity contribution in [2.45, 2.75) is 101 Å². The van der Waals surface area contributed by atoms with E-state index in [0.29, 0.717) is 24.1 Å². The van der Waals surface area contributed by atoms with E-state index in [4.69, 9.17) is 10.5 Å². The summed E-state index contributed by atoms with van der Waals surface area (Å²) in [6.07, 6.45) is 6.65. The SMILES string of the molecule is CCC(O)CC(O)C(CC1CCCCC1)N(C(=O)[C@H](Cc1ccccc1)NS(=O)(=O)N1CCOCC1)[C@@H](Cc1cnc[nH]1)C(N)=O. The lowest BCUT2D eigenvalue weighted by atomic mass is 9.81. The van der Waals surface area contributed by atoms with Crippen LogP contribution in [0.25, 0.3) is 0 Å². The Morgan fingerprint density at radius 1 is 1.13 bits per heavy atom. The van der Waals surface area contributed by atoms with Crippen LogP contribution in [0.4, 0.5) is 0 Å². The van der Waals surface area contributed by atoms with Crippen LogP contribution in [0.15, 0.2) is 42.9 Å². The van der Waals surface area contributed by atoms with E-state index in [2.05, 4.69) is 14.7 Å².